The molecule has 0 unspecified atom stereocenters. The van der Waals surface area contributed by atoms with Crippen molar-refractivity contribution >= 4 is 5.82 Å². The highest BCUT2D eigenvalue weighted by Gasteiger charge is 2.02. The van der Waals surface area contributed by atoms with Crippen LogP contribution >= 0.6 is 0 Å². The first-order valence-electron chi connectivity index (χ1n) is 6.42. The molecule has 1 aromatic carbocycles. The van der Waals surface area contributed by atoms with E-state index in [9.17, 15) is 4.79 Å². The third-order valence-electron chi connectivity index (χ3n) is 2.99. The summed E-state index contributed by atoms with van der Waals surface area (Å²) in [6, 6.07) is 11.7. The maximum atomic E-state index is 11.2. The SMILES string of the molecule is CC(C)c1ccc(CNc2cc(C#N)[nH]c(=O)n2)cc1. The lowest BCUT2D eigenvalue weighted by atomic mass is 10.0. The molecular formula is C15H16N4O. The second kappa shape index (κ2) is 6.02. The molecule has 5 heteroatoms. The molecular weight excluding hydrogens is 252 g/mol. The molecule has 0 aliphatic rings. The lowest BCUT2D eigenvalue weighted by Gasteiger charge is -2.08. The van der Waals surface area contributed by atoms with Crippen LogP contribution < -0.4 is 11.0 Å². The van der Waals surface area contributed by atoms with Crippen molar-refractivity contribution < 1.29 is 0 Å². The van der Waals surface area contributed by atoms with Crippen molar-refractivity contribution in [3.05, 3.63) is 57.6 Å². The van der Waals surface area contributed by atoms with E-state index in [1.165, 1.54) is 11.6 Å². The fourth-order valence-corrected chi connectivity index (χ4v) is 1.82. The molecule has 2 rings (SSSR count). The van der Waals surface area contributed by atoms with Gasteiger partial charge in [0.1, 0.15) is 17.6 Å². The van der Waals surface area contributed by atoms with Crippen LogP contribution in [0.3, 0.4) is 0 Å². The van der Waals surface area contributed by atoms with Crippen molar-refractivity contribution in [3.63, 3.8) is 0 Å². The zero-order valence-corrected chi connectivity index (χ0v) is 11.5. The van der Waals surface area contributed by atoms with E-state index in [0.717, 1.165) is 5.56 Å². The van der Waals surface area contributed by atoms with E-state index in [1.54, 1.807) is 0 Å². The Morgan fingerprint density at radius 3 is 2.65 bits per heavy atom. The lowest BCUT2D eigenvalue weighted by Crippen LogP contribution is -2.14. The van der Waals surface area contributed by atoms with E-state index >= 15 is 0 Å². The first kappa shape index (κ1) is 13.8. The van der Waals surface area contributed by atoms with Crippen LogP contribution in [0.2, 0.25) is 0 Å². The van der Waals surface area contributed by atoms with Crippen LogP contribution in [0, 0.1) is 11.3 Å². The van der Waals surface area contributed by atoms with E-state index < -0.39 is 5.69 Å². The first-order valence-corrected chi connectivity index (χ1v) is 6.42. The summed E-state index contributed by atoms with van der Waals surface area (Å²) in [5.74, 6) is 0.905. The van der Waals surface area contributed by atoms with Crippen molar-refractivity contribution in [1.29, 1.82) is 5.26 Å². The van der Waals surface area contributed by atoms with E-state index in [1.807, 2.05) is 18.2 Å². The summed E-state index contributed by atoms with van der Waals surface area (Å²) in [7, 11) is 0. The summed E-state index contributed by atoms with van der Waals surface area (Å²) in [4.78, 5) is 17.4. The summed E-state index contributed by atoms with van der Waals surface area (Å²) in [6.45, 7) is 4.85. The van der Waals surface area contributed by atoms with Gasteiger partial charge in [0.15, 0.2) is 0 Å². The normalized spacial score (nSPS) is 10.3. The maximum absolute atomic E-state index is 11.2. The van der Waals surface area contributed by atoms with Crippen molar-refractivity contribution in [2.24, 2.45) is 0 Å². The molecule has 0 atom stereocenters. The molecule has 102 valence electrons. The number of H-pyrrole nitrogens is 1. The van der Waals surface area contributed by atoms with Gasteiger partial charge in [-0.2, -0.15) is 10.2 Å². The minimum Gasteiger partial charge on any atom is -0.366 e. The molecule has 0 bridgehead atoms. The molecule has 1 heterocycles. The van der Waals surface area contributed by atoms with E-state index in [-0.39, 0.29) is 5.69 Å². The number of aromatic amines is 1. The molecule has 0 saturated heterocycles. The van der Waals surface area contributed by atoms with Crippen molar-refractivity contribution in [3.8, 4) is 6.07 Å². The predicted molar refractivity (Wildman–Crippen MR) is 77.4 cm³/mol. The van der Waals surface area contributed by atoms with Crippen LogP contribution in [0.4, 0.5) is 5.82 Å². The molecule has 1 aromatic heterocycles. The highest BCUT2D eigenvalue weighted by atomic mass is 16.1. The Morgan fingerprint density at radius 2 is 2.05 bits per heavy atom. The highest BCUT2D eigenvalue weighted by molar-refractivity contribution is 5.39. The van der Waals surface area contributed by atoms with Gasteiger partial charge in [-0.1, -0.05) is 38.1 Å². The van der Waals surface area contributed by atoms with Crippen LogP contribution in [0.25, 0.3) is 0 Å². The van der Waals surface area contributed by atoms with Crippen LogP contribution in [-0.2, 0) is 6.54 Å². The Kier molecular flexibility index (Phi) is 4.16. The summed E-state index contributed by atoms with van der Waals surface area (Å²) >= 11 is 0. The van der Waals surface area contributed by atoms with Gasteiger partial charge in [0.05, 0.1) is 0 Å². The molecule has 0 amide bonds. The average Bonchev–Trinajstić information content (AvgIpc) is 2.45. The smallest absolute Gasteiger partial charge is 0.347 e. The molecule has 2 aromatic rings. The Hall–Kier alpha value is -2.61. The van der Waals surface area contributed by atoms with Gasteiger partial charge in [0.25, 0.3) is 0 Å². The maximum Gasteiger partial charge on any atom is 0.347 e. The molecule has 0 aliphatic heterocycles. The number of nitriles is 1. The van der Waals surface area contributed by atoms with Gasteiger partial charge in [0, 0.05) is 12.6 Å². The van der Waals surface area contributed by atoms with E-state index in [2.05, 4.69) is 41.3 Å². The quantitative estimate of drug-likeness (QED) is 0.892. The standard InChI is InChI=1S/C15H16N4O/c1-10(2)12-5-3-11(4-6-12)9-17-14-7-13(8-16)18-15(20)19-14/h3-7,10H,9H2,1-2H3,(H2,17,18,19,20). The second-order valence-electron chi connectivity index (χ2n) is 4.85. The Morgan fingerprint density at radius 1 is 1.35 bits per heavy atom. The number of benzene rings is 1. The van der Waals surface area contributed by atoms with E-state index in [4.69, 9.17) is 5.26 Å². The van der Waals surface area contributed by atoms with Crippen LogP contribution in [0.5, 0.6) is 0 Å². The number of anilines is 1. The largest absolute Gasteiger partial charge is 0.366 e. The summed E-state index contributed by atoms with van der Waals surface area (Å²) in [5.41, 5.74) is 2.05. The van der Waals surface area contributed by atoms with Crippen LogP contribution in [0.1, 0.15) is 36.6 Å². The number of rotatable bonds is 4. The topological polar surface area (TPSA) is 81.6 Å². The summed E-state index contributed by atoms with van der Waals surface area (Å²) < 4.78 is 0. The molecule has 20 heavy (non-hydrogen) atoms. The zero-order chi connectivity index (χ0) is 14.5. The van der Waals surface area contributed by atoms with Gasteiger partial charge in [-0.05, 0) is 17.0 Å². The van der Waals surface area contributed by atoms with Gasteiger partial charge in [-0.3, -0.25) is 4.98 Å². The van der Waals surface area contributed by atoms with Gasteiger partial charge in [-0.25, -0.2) is 4.79 Å². The molecule has 0 spiro atoms. The molecule has 0 fully saturated rings. The second-order valence-corrected chi connectivity index (χ2v) is 4.85. The van der Waals surface area contributed by atoms with Gasteiger partial charge in [0.2, 0.25) is 0 Å². The van der Waals surface area contributed by atoms with Crippen molar-refractivity contribution in [1.82, 2.24) is 9.97 Å². The van der Waals surface area contributed by atoms with Gasteiger partial charge >= 0.3 is 5.69 Å². The molecule has 5 nitrogen and oxygen atoms in total. The first-order chi connectivity index (χ1) is 9.58. The Labute approximate surface area is 117 Å². The predicted octanol–water partition coefficient (Wildman–Crippen LogP) is 2.38. The fraction of sp³-hybridized carbons (Fsp3) is 0.267. The monoisotopic (exact) mass is 268 g/mol. The number of hydrogen-bond acceptors (Lipinski definition) is 4. The van der Waals surface area contributed by atoms with E-state index in [0.29, 0.717) is 18.3 Å². The molecule has 0 radical (unpaired) electrons. The fourth-order valence-electron chi connectivity index (χ4n) is 1.82. The molecule has 0 saturated carbocycles. The van der Waals surface area contributed by atoms with Gasteiger partial charge in [-0.15, -0.1) is 0 Å². The third kappa shape index (κ3) is 3.45. The Balaban J connectivity index is 2.07. The minimum absolute atomic E-state index is 0.197. The van der Waals surface area contributed by atoms with Crippen molar-refractivity contribution in [2.75, 3.05) is 5.32 Å². The molecule has 0 aliphatic carbocycles. The molecule has 2 N–H and O–H groups in total. The van der Waals surface area contributed by atoms with Crippen LogP contribution in [0.15, 0.2) is 35.1 Å². The number of hydrogen-bond donors (Lipinski definition) is 2. The number of nitrogens with one attached hydrogen (secondary N) is 2. The minimum atomic E-state index is -0.526. The van der Waals surface area contributed by atoms with Crippen molar-refractivity contribution in [2.45, 2.75) is 26.3 Å². The summed E-state index contributed by atoms with van der Waals surface area (Å²) in [5, 5.41) is 11.8. The van der Waals surface area contributed by atoms with Crippen LogP contribution in [-0.4, -0.2) is 9.97 Å². The summed E-state index contributed by atoms with van der Waals surface area (Å²) in [6.07, 6.45) is 0. The lowest BCUT2D eigenvalue weighted by molar-refractivity contribution is 0.865. The van der Waals surface area contributed by atoms with Gasteiger partial charge < -0.3 is 5.32 Å². The Bertz CT molecular complexity index is 680. The third-order valence-corrected chi connectivity index (χ3v) is 2.99. The number of aromatic nitrogens is 2. The zero-order valence-electron chi connectivity index (χ0n) is 11.5. The average molecular weight is 268 g/mol. The number of nitrogens with zero attached hydrogens (tertiary/aromatic N) is 2. The highest BCUT2D eigenvalue weighted by Crippen LogP contribution is 2.15.